The Balaban J connectivity index is 2.26. The molecule has 0 aromatic carbocycles. The number of hydrogen-bond acceptors (Lipinski definition) is 4. The van der Waals surface area contributed by atoms with Crippen LogP contribution < -0.4 is 5.32 Å². The van der Waals surface area contributed by atoms with Crippen LogP contribution in [0, 0.1) is 0 Å². The number of rotatable bonds is 10. The molecule has 1 aromatic heterocycles. The predicted octanol–water partition coefficient (Wildman–Crippen LogP) is 2.29. The zero-order chi connectivity index (χ0) is 14.1. The number of thiophene rings is 1. The maximum absolute atomic E-state index is 12.1. The number of sulfonamides is 1. The van der Waals surface area contributed by atoms with E-state index in [1.807, 2.05) is 17.5 Å². The topological polar surface area (TPSA) is 49.4 Å². The first-order valence-corrected chi connectivity index (χ1v) is 9.22. The summed E-state index contributed by atoms with van der Waals surface area (Å²) in [4.78, 5) is 1.08. The van der Waals surface area contributed by atoms with Crippen LogP contribution in [0.15, 0.2) is 17.5 Å². The number of hydrogen-bond donors (Lipinski definition) is 1. The van der Waals surface area contributed by atoms with Crippen LogP contribution in [-0.4, -0.2) is 38.6 Å². The van der Waals surface area contributed by atoms with Crippen LogP contribution in [0.3, 0.4) is 0 Å². The summed E-state index contributed by atoms with van der Waals surface area (Å²) in [5.74, 6) is 0.239. The van der Waals surface area contributed by atoms with Crippen LogP contribution in [0.25, 0.3) is 0 Å². The molecule has 0 radical (unpaired) electrons. The van der Waals surface area contributed by atoms with E-state index in [1.165, 1.54) is 4.31 Å². The number of unbranched alkanes of at least 4 members (excludes halogenated alkanes) is 1. The van der Waals surface area contributed by atoms with Crippen molar-refractivity contribution in [3.8, 4) is 0 Å². The first-order valence-electron chi connectivity index (χ1n) is 6.73. The molecule has 4 nitrogen and oxygen atoms in total. The lowest BCUT2D eigenvalue weighted by molar-refractivity contribution is 0.467. The van der Waals surface area contributed by atoms with E-state index in [2.05, 4.69) is 12.2 Å². The molecule has 0 unspecified atom stereocenters. The highest BCUT2D eigenvalue weighted by Crippen LogP contribution is 2.13. The van der Waals surface area contributed by atoms with Crippen molar-refractivity contribution in [1.29, 1.82) is 0 Å². The van der Waals surface area contributed by atoms with Crippen molar-refractivity contribution >= 4 is 21.4 Å². The molecule has 110 valence electrons. The molecule has 1 aromatic rings. The molecule has 0 aliphatic heterocycles. The molecule has 0 saturated heterocycles. The summed E-state index contributed by atoms with van der Waals surface area (Å²) in [6, 6.07) is 3.91. The maximum atomic E-state index is 12.1. The maximum Gasteiger partial charge on any atom is 0.214 e. The van der Waals surface area contributed by atoms with Crippen molar-refractivity contribution in [2.45, 2.75) is 32.7 Å². The Morgan fingerprint density at radius 1 is 1.32 bits per heavy atom. The van der Waals surface area contributed by atoms with Crippen LogP contribution in [-0.2, 0) is 16.6 Å². The summed E-state index contributed by atoms with van der Waals surface area (Å²) < 4.78 is 25.6. The summed E-state index contributed by atoms with van der Waals surface area (Å²) in [7, 11) is -1.46. The second kappa shape index (κ2) is 8.68. The Kier molecular flexibility index (Phi) is 7.60. The third-order valence-corrected chi connectivity index (χ3v) is 5.61. The number of nitrogens with one attached hydrogen (secondary N) is 1. The normalized spacial score (nSPS) is 12.2. The molecule has 0 spiro atoms. The third-order valence-electron chi connectivity index (χ3n) is 2.87. The molecule has 19 heavy (non-hydrogen) atoms. The predicted molar refractivity (Wildman–Crippen MR) is 82.0 cm³/mol. The summed E-state index contributed by atoms with van der Waals surface area (Å²) >= 11 is 1.59. The minimum Gasteiger partial charge on any atom is -0.317 e. The van der Waals surface area contributed by atoms with Gasteiger partial charge in [-0.1, -0.05) is 13.0 Å². The van der Waals surface area contributed by atoms with Gasteiger partial charge in [0.05, 0.1) is 5.75 Å². The van der Waals surface area contributed by atoms with Crippen LogP contribution in [0.1, 0.15) is 31.1 Å². The second-order valence-electron chi connectivity index (χ2n) is 4.61. The molecule has 0 amide bonds. The molecule has 0 fully saturated rings. The zero-order valence-electron chi connectivity index (χ0n) is 11.8. The smallest absolute Gasteiger partial charge is 0.214 e. The van der Waals surface area contributed by atoms with Crippen molar-refractivity contribution in [2.75, 3.05) is 25.9 Å². The Hall–Kier alpha value is -0.430. The van der Waals surface area contributed by atoms with Gasteiger partial charge in [0.15, 0.2) is 0 Å². The van der Waals surface area contributed by atoms with Crippen LogP contribution >= 0.6 is 11.3 Å². The first-order chi connectivity index (χ1) is 9.06. The van der Waals surface area contributed by atoms with Crippen LogP contribution in [0.2, 0.25) is 0 Å². The van der Waals surface area contributed by atoms with Crippen molar-refractivity contribution in [3.63, 3.8) is 0 Å². The van der Waals surface area contributed by atoms with Gasteiger partial charge in [-0.25, -0.2) is 8.42 Å². The Morgan fingerprint density at radius 3 is 2.74 bits per heavy atom. The average molecular weight is 304 g/mol. The summed E-state index contributed by atoms with van der Waals surface area (Å²) in [5, 5.41) is 5.25. The molecule has 0 aliphatic carbocycles. The van der Waals surface area contributed by atoms with E-state index in [0.717, 1.165) is 30.8 Å². The van der Waals surface area contributed by atoms with Crippen LogP contribution in [0.5, 0.6) is 0 Å². The van der Waals surface area contributed by atoms with E-state index in [-0.39, 0.29) is 5.75 Å². The highest BCUT2D eigenvalue weighted by Gasteiger charge is 2.17. The quantitative estimate of drug-likeness (QED) is 0.675. The lowest BCUT2D eigenvalue weighted by Gasteiger charge is -2.16. The zero-order valence-corrected chi connectivity index (χ0v) is 13.4. The summed E-state index contributed by atoms with van der Waals surface area (Å²) in [6.45, 7) is 4.51. The Bertz CT molecular complexity index is 430. The highest BCUT2D eigenvalue weighted by molar-refractivity contribution is 7.89. The van der Waals surface area contributed by atoms with Gasteiger partial charge in [0.25, 0.3) is 0 Å². The fraction of sp³-hybridized carbons (Fsp3) is 0.692. The molecule has 1 rings (SSSR count). The van der Waals surface area contributed by atoms with Crippen molar-refractivity contribution in [2.24, 2.45) is 0 Å². The molecule has 6 heteroatoms. The molecular formula is C13H24N2O2S2. The Morgan fingerprint density at radius 2 is 2.11 bits per heavy atom. The SMILES string of the molecule is CCCNCCCCS(=O)(=O)N(C)Cc1cccs1. The monoisotopic (exact) mass is 304 g/mol. The van der Waals surface area contributed by atoms with E-state index in [0.29, 0.717) is 13.0 Å². The van der Waals surface area contributed by atoms with Crippen molar-refractivity contribution in [3.05, 3.63) is 22.4 Å². The van der Waals surface area contributed by atoms with Gasteiger partial charge >= 0.3 is 0 Å². The van der Waals surface area contributed by atoms with Gasteiger partial charge in [0.2, 0.25) is 10.0 Å². The van der Waals surface area contributed by atoms with Gasteiger partial charge in [-0.15, -0.1) is 11.3 Å². The fourth-order valence-electron chi connectivity index (χ4n) is 1.71. The van der Waals surface area contributed by atoms with Crippen molar-refractivity contribution < 1.29 is 8.42 Å². The molecular weight excluding hydrogens is 280 g/mol. The molecule has 0 aliphatic rings. The van der Waals surface area contributed by atoms with Gasteiger partial charge in [-0.3, -0.25) is 0 Å². The minimum absolute atomic E-state index is 0.239. The highest BCUT2D eigenvalue weighted by atomic mass is 32.2. The molecule has 0 atom stereocenters. The third kappa shape index (κ3) is 6.51. The van der Waals surface area contributed by atoms with Gasteiger partial charge in [0.1, 0.15) is 0 Å². The lowest BCUT2D eigenvalue weighted by Crippen LogP contribution is -2.29. The lowest BCUT2D eigenvalue weighted by atomic mass is 10.3. The molecule has 0 bridgehead atoms. The summed E-state index contributed by atoms with van der Waals surface area (Å²) in [5.41, 5.74) is 0. The van der Waals surface area contributed by atoms with Gasteiger partial charge in [-0.05, 0) is 43.8 Å². The molecule has 0 saturated carbocycles. The van der Waals surface area contributed by atoms with E-state index >= 15 is 0 Å². The minimum atomic E-state index is -3.12. The van der Waals surface area contributed by atoms with E-state index in [9.17, 15) is 8.42 Å². The molecule has 1 N–H and O–H groups in total. The standard InChI is InChI=1S/C13H24N2O2S2/c1-3-8-14-9-4-5-11-19(16,17)15(2)12-13-7-6-10-18-13/h6-7,10,14H,3-5,8-9,11-12H2,1-2H3. The largest absolute Gasteiger partial charge is 0.317 e. The van der Waals surface area contributed by atoms with E-state index < -0.39 is 10.0 Å². The van der Waals surface area contributed by atoms with Gasteiger partial charge in [0, 0.05) is 18.5 Å². The van der Waals surface area contributed by atoms with Gasteiger partial charge in [-0.2, -0.15) is 4.31 Å². The molecule has 1 heterocycles. The second-order valence-corrected chi connectivity index (χ2v) is 7.84. The van der Waals surface area contributed by atoms with E-state index in [1.54, 1.807) is 18.4 Å². The van der Waals surface area contributed by atoms with Gasteiger partial charge < -0.3 is 5.32 Å². The van der Waals surface area contributed by atoms with Crippen LogP contribution in [0.4, 0.5) is 0 Å². The summed E-state index contributed by atoms with van der Waals surface area (Å²) in [6.07, 6.45) is 2.74. The van der Waals surface area contributed by atoms with E-state index in [4.69, 9.17) is 0 Å². The Labute approximate surface area is 120 Å². The fourth-order valence-corrected chi connectivity index (χ4v) is 3.77. The average Bonchev–Trinajstić information content (AvgIpc) is 2.86. The van der Waals surface area contributed by atoms with Crippen molar-refractivity contribution in [1.82, 2.24) is 9.62 Å². The number of nitrogens with zero attached hydrogens (tertiary/aromatic N) is 1. The first kappa shape index (κ1) is 16.6.